The van der Waals surface area contributed by atoms with E-state index in [0.29, 0.717) is 32.5 Å². The van der Waals surface area contributed by atoms with Crippen LogP contribution in [0.4, 0.5) is 0 Å². The van der Waals surface area contributed by atoms with Gasteiger partial charge in [-0.2, -0.15) is 0 Å². The van der Waals surface area contributed by atoms with Crippen molar-refractivity contribution in [2.45, 2.75) is 27.2 Å². The molecule has 17 heavy (non-hydrogen) atoms. The second kappa shape index (κ2) is 6.77. The number of rotatable bonds is 5. The number of esters is 1. The molecule has 0 spiro atoms. The van der Waals surface area contributed by atoms with Gasteiger partial charge < -0.3 is 14.2 Å². The van der Waals surface area contributed by atoms with Crippen LogP contribution in [0, 0.1) is 11.3 Å². The number of carbonyl (C=O) groups excluding carboxylic acids is 1. The van der Waals surface area contributed by atoms with Crippen LogP contribution in [-0.4, -0.2) is 32.6 Å². The number of allylic oxidation sites excluding steroid dienone is 1. The van der Waals surface area contributed by atoms with E-state index < -0.39 is 0 Å². The highest BCUT2D eigenvalue weighted by atomic mass is 16.7. The number of hydrogen-bond donors (Lipinski definition) is 0. The van der Waals surface area contributed by atoms with Gasteiger partial charge in [0, 0.05) is 6.08 Å². The molecular formula is C13H22O4. The minimum atomic E-state index is -0.294. The van der Waals surface area contributed by atoms with Crippen LogP contribution in [0.5, 0.6) is 0 Å². The largest absolute Gasteiger partial charge is 0.462 e. The molecule has 1 fully saturated rings. The fourth-order valence-electron chi connectivity index (χ4n) is 1.55. The maximum Gasteiger partial charge on any atom is 0.330 e. The molecule has 1 heterocycles. The molecular weight excluding hydrogens is 220 g/mol. The van der Waals surface area contributed by atoms with Crippen LogP contribution < -0.4 is 0 Å². The molecule has 1 aliphatic heterocycles. The Balaban J connectivity index is 2.39. The van der Waals surface area contributed by atoms with Gasteiger partial charge in [-0.1, -0.05) is 26.8 Å². The Hall–Kier alpha value is -0.870. The minimum Gasteiger partial charge on any atom is -0.462 e. The molecule has 0 aromatic carbocycles. The van der Waals surface area contributed by atoms with Crippen LogP contribution in [0.2, 0.25) is 0 Å². The van der Waals surface area contributed by atoms with Crippen LogP contribution in [0.3, 0.4) is 0 Å². The van der Waals surface area contributed by atoms with Gasteiger partial charge in [0.05, 0.1) is 18.6 Å². The van der Waals surface area contributed by atoms with Crippen LogP contribution in [0.25, 0.3) is 0 Å². The Morgan fingerprint density at radius 3 is 2.59 bits per heavy atom. The first-order valence-electron chi connectivity index (χ1n) is 6.08. The van der Waals surface area contributed by atoms with E-state index in [1.54, 1.807) is 0 Å². The fourth-order valence-corrected chi connectivity index (χ4v) is 1.55. The topological polar surface area (TPSA) is 44.8 Å². The monoisotopic (exact) mass is 242 g/mol. The highest BCUT2D eigenvalue weighted by molar-refractivity contribution is 5.81. The molecule has 1 aliphatic rings. The highest BCUT2D eigenvalue weighted by Gasteiger charge is 2.33. The number of ether oxygens (including phenoxy) is 3. The van der Waals surface area contributed by atoms with Gasteiger partial charge >= 0.3 is 5.97 Å². The van der Waals surface area contributed by atoms with Crippen molar-refractivity contribution in [1.82, 2.24) is 0 Å². The summed E-state index contributed by atoms with van der Waals surface area (Å²) in [6, 6.07) is 0. The summed E-state index contributed by atoms with van der Waals surface area (Å²) in [4.78, 5) is 11.5. The maximum absolute atomic E-state index is 11.5. The molecule has 1 rings (SSSR count). The third kappa shape index (κ3) is 4.88. The lowest BCUT2D eigenvalue weighted by atomic mass is 9.87. The molecule has 4 nitrogen and oxygen atoms in total. The molecule has 0 aromatic rings. The summed E-state index contributed by atoms with van der Waals surface area (Å²) in [6.45, 7) is 7.94. The van der Waals surface area contributed by atoms with Gasteiger partial charge in [0.1, 0.15) is 13.4 Å². The zero-order valence-electron chi connectivity index (χ0n) is 10.9. The smallest absolute Gasteiger partial charge is 0.330 e. The molecule has 4 heteroatoms. The van der Waals surface area contributed by atoms with E-state index in [2.05, 4.69) is 6.92 Å². The molecule has 0 N–H and O–H groups in total. The van der Waals surface area contributed by atoms with Crippen molar-refractivity contribution in [2.75, 3.05) is 26.6 Å². The summed E-state index contributed by atoms with van der Waals surface area (Å²) >= 11 is 0. The summed E-state index contributed by atoms with van der Waals surface area (Å²) in [5.74, 6) is 0.0566. The van der Waals surface area contributed by atoms with Crippen molar-refractivity contribution in [3.63, 3.8) is 0 Å². The summed E-state index contributed by atoms with van der Waals surface area (Å²) in [7, 11) is 0. The second-order valence-electron chi connectivity index (χ2n) is 4.88. The van der Waals surface area contributed by atoms with Crippen LogP contribution >= 0.6 is 0 Å². The van der Waals surface area contributed by atoms with Crippen molar-refractivity contribution in [3.05, 3.63) is 12.2 Å². The Morgan fingerprint density at radius 2 is 2.06 bits per heavy atom. The predicted molar refractivity (Wildman–Crippen MR) is 64.4 cm³/mol. The molecule has 0 radical (unpaired) electrons. The molecule has 98 valence electrons. The average molecular weight is 242 g/mol. The van der Waals surface area contributed by atoms with Crippen molar-refractivity contribution >= 4 is 5.97 Å². The second-order valence-corrected chi connectivity index (χ2v) is 4.88. The van der Waals surface area contributed by atoms with Crippen LogP contribution in [-0.2, 0) is 19.0 Å². The Labute approximate surface area is 103 Å². The van der Waals surface area contributed by atoms with Crippen molar-refractivity contribution in [1.29, 1.82) is 0 Å². The van der Waals surface area contributed by atoms with Crippen molar-refractivity contribution in [3.8, 4) is 0 Å². The zero-order chi connectivity index (χ0) is 12.7. The Morgan fingerprint density at radius 1 is 1.41 bits per heavy atom. The normalized spacial score (nSPS) is 19.8. The number of hydrogen-bond acceptors (Lipinski definition) is 4. The van der Waals surface area contributed by atoms with Crippen LogP contribution in [0.1, 0.15) is 27.2 Å². The van der Waals surface area contributed by atoms with E-state index in [4.69, 9.17) is 14.2 Å². The maximum atomic E-state index is 11.5. The van der Waals surface area contributed by atoms with Gasteiger partial charge in [0.25, 0.3) is 0 Å². The van der Waals surface area contributed by atoms with Gasteiger partial charge in [0.2, 0.25) is 0 Å². The van der Waals surface area contributed by atoms with Gasteiger partial charge in [-0.05, 0) is 12.3 Å². The first-order chi connectivity index (χ1) is 8.08. The lowest BCUT2D eigenvalue weighted by Crippen LogP contribution is -2.41. The third-order valence-corrected chi connectivity index (χ3v) is 2.87. The van der Waals surface area contributed by atoms with E-state index in [1.807, 2.05) is 19.9 Å². The van der Waals surface area contributed by atoms with Gasteiger partial charge in [0.15, 0.2) is 0 Å². The SMILES string of the molecule is CCC1(COC(=O)C=CC(C)C)COCOC1. The first-order valence-corrected chi connectivity index (χ1v) is 6.08. The van der Waals surface area contributed by atoms with Crippen molar-refractivity contribution in [2.24, 2.45) is 11.3 Å². The van der Waals surface area contributed by atoms with Crippen molar-refractivity contribution < 1.29 is 19.0 Å². The van der Waals surface area contributed by atoms with Gasteiger partial charge in [-0.25, -0.2) is 4.79 Å². The quantitative estimate of drug-likeness (QED) is 0.547. The lowest BCUT2D eigenvalue weighted by Gasteiger charge is -2.34. The molecule has 0 aromatic heterocycles. The molecule has 0 saturated carbocycles. The molecule has 0 atom stereocenters. The standard InChI is InChI=1S/C13H22O4/c1-4-13(7-15-10-16-8-13)9-17-12(14)6-5-11(2)3/h5-6,11H,4,7-10H2,1-3H3. The summed E-state index contributed by atoms with van der Waals surface area (Å²) in [5.41, 5.74) is -0.181. The lowest BCUT2D eigenvalue weighted by molar-refractivity contribution is -0.185. The molecule has 0 unspecified atom stereocenters. The van der Waals surface area contributed by atoms with E-state index in [0.717, 1.165) is 6.42 Å². The van der Waals surface area contributed by atoms with Gasteiger partial charge in [-0.3, -0.25) is 0 Å². The average Bonchev–Trinajstić information content (AvgIpc) is 2.35. The third-order valence-electron chi connectivity index (χ3n) is 2.87. The summed E-state index contributed by atoms with van der Waals surface area (Å²) in [6.07, 6.45) is 4.18. The highest BCUT2D eigenvalue weighted by Crippen LogP contribution is 2.26. The van der Waals surface area contributed by atoms with Gasteiger partial charge in [-0.15, -0.1) is 0 Å². The van der Waals surface area contributed by atoms with E-state index >= 15 is 0 Å². The Bertz CT molecular complexity index is 265. The first kappa shape index (κ1) is 14.2. The predicted octanol–water partition coefficient (Wildman–Crippen LogP) is 2.14. The molecule has 0 amide bonds. The van der Waals surface area contributed by atoms with E-state index in [1.165, 1.54) is 6.08 Å². The van der Waals surface area contributed by atoms with E-state index in [9.17, 15) is 4.79 Å². The summed E-state index contributed by atoms with van der Waals surface area (Å²) < 4.78 is 15.8. The number of carbonyl (C=O) groups is 1. The molecule has 0 aliphatic carbocycles. The molecule has 0 bridgehead atoms. The Kier molecular flexibility index (Phi) is 5.65. The van der Waals surface area contributed by atoms with Crippen LogP contribution in [0.15, 0.2) is 12.2 Å². The van der Waals surface area contributed by atoms with E-state index in [-0.39, 0.29) is 11.4 Å². The minimum absolute atomic E-state index is 0.181. The summed E-state index contributed by atoms with van der Waals surface area (Å²) in [5, 5.41) is 0. The molecule has 1 saturated heterocycles. The zero-order valence-corrected chi connectivity index (χ0v) is 10.9. The fraction of sp³-hybridized carbons (Fsp3) is 0.769.